The molecule has 2 aliphatic carbocycles. The van der Waals surface area contributed by atoms with E-state index < -0.39 is 5.97 Å². The molecule has 2 aliphatic rings. The molecule has 0 spiro atoms. The van der Waals surface area contributed by atoms with Gasteiger partial charge in [0.2, 0.25) is 0 Å². The lowest BCUT2D eigenvalue weighted by Gasteiger charge is -2.39. The number of hydrogen-bond donors (Lipinski definition) is 0. The van der Waals surface area contributed by atoms with Gasteiger partial charge in [-0.2, -0.15) is 0 Å². The summed E-state index contributed by atoms with van der Waals surface area (Å²) in [5, 5.41) is 12.3. The molecule has 2 aromatic heterocycles. The normalized spacial score (nSPS) is 20.2. The van der Waals surface area contributed by atoms with E-state index in [4.69, 9.17) is 0 Å². The summed E-state index contributed by atoms with van der Waals surface area (Å²) in [4.78, 5) is 19.4. The van der Waals surface area contributed by atoms with E-state index in [9.17, 15) is 9.90 Å². The van der Waals surface area contributed by atoms with Crippen LogP contribution in [0.2, 0.25) is 0 Å². The first-order valence-corrected chi connectivity index (χ1v) is 10.5. The number of nitrogens with zero attached hydrogens (tertiary/aromatic N) is 2. The topological polar surface area (TPSA) is 56.3 Å². The van der Waals surface area contributed by atoms with E-state index in [1.807, 2.05) is 17.4 Å². The van der Waals surface area contributed by atoms with Crippen molar-refractivity contribution in [3.8, 4) is 0 Å². The van der Waals surface area contributed by atoms with Crippen molar-refractivity contribution in [2.24, 2.45) is 0 Å². The maximum absolute atomic E-state index is 11.1. The van der Waals surface area contributed by atoms with Gasteiger partial charge in [-0.05, 0) is 66.7 Å². The molecule has 0 aliphatic heterocycles. The smallest absolute Gasteiger partial charge is 0.133 e. The molecule has 0 unspecified atom stereocenters. The van der Waals surface area contributed by atoms with Crippen molar-refractivity contribution in [2.75, 3.05) is 4.90 Å². The highest BCUT2D eigenvalue weighted by atomic mass is 32.1. The van der Waals surface area contributed by atoms with Gasteiger partial charge in [0.25, 0.3) is 0 Å². The molecular formula is C22H27N2O2S-. The lowest BCUT2D eigenvalue weighted by Crippen LogP contribution is -2.32. The number of carboxylic acids is 1. The second-order valence-corrected chi connectivity index (χ2v) is 10.3. The van der Waals surface area contributed by atoms with Crippen LogP contribution in [0.5, 0.6) is 0 Å². The number of anilines is 2. The van der Waals surface area contributed by atoms with Crippen molar-refractivity contribution in [1.29, 1.82) is 0 Å². The Balaban J connectivity index is 1.83. The number of carbonyl (C=O) groups is 1. The minimum atomic E-state index is -1.18. The zero-order chi connectivity index (χ0) is 19.6. The first-order chi connectivity index (χ1) is 12.6. The van der Waals surface area contributed by atoms with Gasteiger partial charge in [0.1, 0.15) is 10.8 Å². The zero-order valence-electron chi connectivity index (χ0n) is 16.8. The molecule has 2 aromatic rings. The van der Waals surface area contributed by atoms with E-state index in [-0.39, 0.29) is 16.4 Å². The van der Waals surface area contributed by atoms with Crippen molar-refractivity contribution in [3.63, 3.8) is 0 Å². The summed E-state index contributed by atoms with van der Waals surface area (Å²) in [6.45, 7) is 11.7. The summed E-state index contributed by atoms with van der Waals surface area (Å²) in [5.41, 5.74) is 3.38. The van der Waals surface area contributed by atoms with Crippen molar-refractivity contribution in [1.82, 2.24) is 4.98 Å². The van der Waals surface area contributed by atoms with Crippen LogP contribution >= 0.6 is 11.3 Å². The van der Waals surface area contributed by atoms with Gasteiger partial charge in [0, 0.05) is 22.7 Å². The minimum absolute atomic E-state index is 0.124. The van der Waals surface area contributed by atoms with E-state index in [1.54, 1.807) is 6.07 Å². The maximum Gasteiger partial charge on any atom is 0.133 e. The van der Waals surface area contributed by atoms with Gasteiger partial charge < -0.3 is 14.8 Å². The molecule has 4 nitrogen and oxygen atoms in total. The van der Waals surface area contributed by atoms with Gasteiger partial charge in [-0.1, -0.05) is 27.7 Å². The third kappa shape index (κ3) is 3.06. The molecule has 0 radical (unpaired) electrons. The molecule has 27 heavy (non-hydrogen) atoms. The second-order valence-electron chi connectivity index (χ2n) is 9.30. The van der Waals surface area contributed by atoms with Crippen LogP contribution in [-0.2, 0) is 10.8 Å². The average Bonchev–Trinajstić information content (AvgIpc) is 3.36. The van der Waals surface area contributed by atoms with Crippen LogP contribution in [0, 0.1) is 6.92 Å². The average molecular weight is 384 g/mol. The minimum Gasteiger partial charge on any atom is -0.545 e. The van der Waals surface area contributed by atoms with Gasteiger partial charge in [-0.15, -0.1) is 11.3 Å². The van der Waals surface area contributed by atoms with E-state index >= 15 is 0 Å². The number of aromatic nitrogens is 1. The van der Waals surface area contributed by atoms with Gasteiger partial charge in [-0.25, -0.2) is 4.98 Å². The third-order valence-corrected chi connectivity index (χ3v) is 7.81. The van der Waals surface area contributed by atoms with Crippen molar-refractivity contribution in [2.45, 2.75) is 77.2 Å². The van der Waals surface area contributed by atoms with E-state index in [0.717, 1.165) is 18.7 Å². The highest BCUT2D eigenvalue weighted by Gasteiger charge is 2.43. The molecule has 2 heterocycles. The molecular weight excluding hydrogens is 356 g/mol. The fraction of sp³-hybridized carbons (Fsp3) is 0.545. The standard InChI is InChI=1S/C22H28N2O2S/c1-13-17-18(22(4,5)11-10-21(17,2)3)27-19(13)24(15-7-8-15)16-9-6-14(12-23-16)20(25)26/h6,9,12,15H,7-8,10-11H2,1-5H3,(H,25,26)/p-1. The fourth-order valence-electron chi connectivity index (χ4n) is 4.33. The summed E-state index contributed by atoms with van der Waals surface area (Å²) >= 11 is 1.91. The Morgan fingerprint density at radius 2 is 1.85 bits per heavy atom. The summed E-state index contributed by atoms with van der Waals surface area (Å²) in [7, 11) is 0. The molecule has 0 N–H and O–H groups in total. The van der Waals surface area contributed by atoms with Crippen LogP contribution in [0.15, 0.2) is 18.3 Å². The van der Waals surface area contributed by atoms with E-state index in [1.165, 1.54) is 40.0 Å². The lowest BCUT2D eigenvalue weighted by molar-refractivity contribution is -0.255. The number of pyridine rings is 1. The molecule has 4 rings (SSSR count). The van der Waals surface area contributed by atoms with Gasteiger partial charge in [0.05, 0.1) is 5.97 Å². The number of carboxylic acid groups (broad SMARTS) is 1. The lowest BCUT2D eigenvalue weighted by atomic mass is 9.66. The number of thiophene rings is 1. The predicted molar refractivity (Wildman–Crippen MR) is 108 cm³/mol. The summed E-state index contributed by atoms with van der Waals surface area (Å²) in [5.74, 6) is -0.349. The quantitative estimate of drug-likeness (QED) is 0.782. The molecule has 0 amide bonds. The number of rotatable bonds is 4. The highest BCUT2D eigenvalue weighted by Crippen LogP contribution is 2.55. The number of fused-ring (bicyclic) bond motifs is 1. The zero-order valence-corrected chi connectivity index (χ0v) is 17.6. The van der Waals surface area contributed by atoms with Gasteiger partial charge >= 0.3 is 0 Å². The first kappa shape index (κ1) is 18.5. The molecule has 0 atom stereocenters. The van der Waals surface area contributed by atoms with Crippen molar-refractivity contribution in [3.05, 3.63) is 39.9 Å². The Morgan fingerprint density at radius 1 is 1.19 bits per heavy atom. The Labute approximate surface area is 165 Å². The molecule has 1 saturated carbocycles. The van der Waals surface area contributed by atoms with Crippen LogP contribution in [0.3, 0.4) is 0 Å². The Kier molecular flexibility index (Phi) is 4.15. The molecule has 0 saturated heterocycles. The monoisotopic (exact) mass is 383 g/mol. The number of hydrogen-bond acceptors (Lipinski definition) is 5. The summed E-state index contributed by atoms with van der Waals surface area (Å²) in [6, 6.07) is 3.87. The van der Waals surface area contributed by atoms with Crippen molar-refractivity contribution >= 4 is 28.1 Å². The Morgan fingerprint density at radius 3 is 2.37 bits per heavy atom. The maximum atomic E-state index is 11.1. The second kappa shape index (κ2) is 6.06. The largest absolute Gasteiger partial charge is 0.545 e. The fourth-order valence-corrected chi connectivity index (χ4v) is 6.02. The third-order valence-electron chi connectivity index (χ3n) is 6.15. The molecule has 144 valence electrons. The van der Waals surface area contributed by atoms with Crippen LogP contribution in [-0.4, -0.2) is 17.0 Å². The molecule has 5 heteroatoms. The van der Waals surface area contributed by atoms with Crippen LogP contribution < -0.4 is 10.0 Å². The number of carbonyl (C=O) groups excluding carboxylic acids is 1. The number of aromatic carboxylic acids is 1. The van der Waals surface area contributed by atoms with Gasteiger partial charge in [0.15, 0.2) is 0 Å². The Bertz CT molecular complexity index is 892. The van der Waals surface area contributed by atoms with E-state index in [0.29, 0.717) is 6.04 Å². The SMILES string of the molecule is Cc1c(N(c2ccc(C(=O)[O-])cn2)C2CC2)sc2c1C(C)(C)CCC2(C)C. The molecule has 1 fully saturated rings. The molecule has 0 aromatic carbocycles. The van der Waals surface area contributed by atoms with E-state index in [2.05, 4.69) is 44.5 Å². The summed E-state index contributed by atoms with van der Waals surface area (Å²) in [6.07, 6.45) is 6.12. The summed E-state index contributed by atoms with van der Waals surface area (Å²) < 4.78 is 0. The molecule has 0 bridgehead atoms. The highest BCUT2D eigenvalue weighted by molar-refractivity contribution is 7.16. The Hall–Kier alpha value is -1.88. The van der Waals surface area contributed by atoms with Crippen LogP contribution in [0.4, 0.5) is 10.8 Å². The first-order valence-electron chi connectivity index (χ1n) is 9.73. The predicted octanol–water partition coefficient (Wildman–Crippen LogP) is 4.46. The van der Waals surface area contributed by atoms with Crippen LogP contribution in [0.25, 0.3) is 0 Å². The van der Waals surface area contributed by atoms with Crippen LogP contribution in [0.1, 0.15) is 79.7 Å². The van der Waals surface area contributed by atoms with Crippen molar-refractivity contribution < 1.29 is 9.90 Å². The van der Waals surface area contributed by atoms with Gasteiger partial charge in [-0.3, -0.25) is 0 Å².